The van der Waals surface area contributed by atoms with E-state index in [9.17, 15) is 4.79 Å². The van der Waals surface area contributed by atoms with Crippen LogP contribution in [0, 0.1) is 5.41 Å². The number of ether oxygens (including phenoxy) is 1. The summed E-state index contributed by atoms with van der Waals surface area (Å²) < 4.78 is 4.65. The molecule has 2 N–H and O–H groups in total. The fourth-order valence-corrected chi connectivity index (χ4v) is 1.27. The molecule has 1 aromatic rings. The van der Waals surface area contributed by atoms with Crippen LogP contribution in [0.25, 0.3) is 0 Å². The lowest BCUT2D eigenvalue weighted by molar-refractivity contribution is 0.0601. The lowest BCUT2D eigenvalue weighted by Crippen LogP contribution is -2.26. The van der Waals surface area contributed by atoms with E-state index < -0.39 is 0 Å². The zero-order valence-corrected chi connectivity index (χ0v) is 10.5. The molecule has 94 valence electrons. The summed E-state index contributed by atoms with van der Waals surface area (Å²) in [6.07, 6.45) is 0. The molecule has 17 heavy (non-hydrogen) atoms. The van der Waals surface area contributed by atoms with Gasteiger partial charge in [0.1, 0.15) is 0 Å². The predicted molar refractivity (Wildman–Crippen MR) is 67.1 cm³/mol. The first-order valence-corrected chi connectivity index (χ1v) is 5.51. The van der Waals surface area contributed by atoms with Crippen molar-refractivity contribution in [2.24, 2.45) is 5.41 Å². The highest BCUT2D eigenvalue weighted by atomic mass is 16.5. The van der Waals surface area contributed by atoms with Gasteiger partial charge in [0, 0.05) is 24.3 Å². The number of benzene rings is 1. The van der Waals surface area contributed by atoms with E-state index in [-0.39, 0.29) is 18.0 Å². The van der Waals surface area contributed by atoms with E-state index >= 15 is 0 Å². The molecule has 0 aromatic heterocycles. The van der Waals surface area contributed by atoms with Crippen LogP contribution in [0.2, 0.25) is 0 Å². The first-order valence-electron chi connectivity index (χ1n) is 5.51. The molecule has 0 saturated heterocycles. The number of aliphatic hydroxyl groups is 1. The van der Waals surface area contributed by atoms with Gasteiger partial charge < -0.3 is 15.2 Å². The highest BCUT2D eigenvalue weighted by Gasteiger charge is 2.16. The zero-order chi connectivity index (χ0) is 12.9. The van der Waals surface area contributed by atoms with Gasteiger partial charge in [-0.2, -0.15) is 0 Å². The molecule has 0 heterocycles. The van der Waals surface area contributed by atoms with E-state index in [0.717, 1.165) is 5.69 Å². The fraction of sp³-hybridized carbons (Fsp3) is 0.462. The molecule has 0 fully saturated rings. The van der Waals surface area contributed by atoms with Gasteiger partial charge in [-0.3, -0.25) is 0 Å². The second-order valence-electron chi connectivity index (χ2n) is 4.75. The maximum absolute atomic E-state index is 11.3. The van der Waals surface area contributed by atoms with Crippen molar-refractivity contribution >= 4 is 11.7 Å². The molecule has 1 aromatic carbocycles. The monoisotopic (exact) mass is 237 g/mol. The number of carbonyl (C=O) groups excluding carboxylic acids is 1. The van der Waals surface area contributed by atoms with Crippen LogP contribution in [0.15, 0.2) is 24.3 Å². The third-order valence-corrected chi connectivity index (χ3v) is 2.48. The summed E-state index contributed by atoms with van der Waals surface area (Å²) in [6, 6.07) is 7.11. The van der Waals surface area contributed by atoms with Gasteiger partial charge in [-0.1, -0.05) is 19.9 Å². The number of hydrogen-bond donors (Lipinski definition) is 2. The maximum Gasteiger partial charge on any atom is 0.337 e. The van der Waals surface area contributed by atoms with Crippen molar-refractivity contribution in [2.75, 3.05) is 25.6 Å². The minimum absolute atomic E-state index is 0.108. The molecular formula is C13H19NO3. The van der Waals surface area contributed by atoms with Gasteiger partial charge in [0.25, 0.3) is 0 Å². The molecule has 1 rings (SSSR count). The summed E-state index contributed by atoms with van der Waals surface area (Å²) in [4.78, 5) is 11.3. The molecule has 0 bridgehead atoms. The Kier molecular flexibility index (Phi) is 4.52. The van der Waals surface area contributed by atoms with Crippen molar-refractivity contribution in [3.8, 4) is 0 Å². The molecule has 0 atom stereocenters. The van der Waals surface area contributed by atoms with Gasteiger partial charge >= 0.3 is 5.97 Å². The van der Waals surface area contributed by atoms with Gasteiger partial charge in [-0.15, -0.1) is 0 Å². The molecule has 0 radical (unpaired) electrons. The van der Waals surface area contributed by atoms with Crippen molar-refractivity contribution in [2.45, 2.75) is 13.8 Å². The minimum atomic E-state index is -0.352. The molecule has 0 amide bonds. The molecule has 0 saturated carbocycles. The average Bonchev–Trinajstić information content (AvgIpc) is 2.36. The first-order chi connectivity index (χ1) is 7.98. The van der Waals surface area contributed by atoms with Gasteiger partial charge in [0.05, 0.1) is 12.7 Å². The smallest absolute Gasteiger partial charge is 0.337 e. The first kappa shape index (κ1) is 13.5. The van der Waals surface area contributed by atoms with Gasteiger partial charge in [-0.05, 0) is 18.2 Å². The maximum atomic E-state index is 11.3. The minimum Gasteiger partial charge on any atom is -0.465 e. The average molecular weight is 237 g/mol. The van der Waals surface area contributed by atoms with E-state index in [0.29, 0.717) is 12.1 Å². The number of esters is 1. The number of nitrogens with one attached hydrogen (secondary N) is 1. The van der Waals surface area contributed by atoms with Crippen LogP contribution in [-0.4, -0.2) is 31.3 Å². The fourth-order valence-electron chi connectivity index (χ4n) is 1.27. The molecule has 0 aliphatic carbocycles. The summed E-state index contributed by atoms with van der Waals surface area (Å²) in [5.41, 5.74) is 1.16. The number of hydrogen-bond acceptors (Lipinski definition) is 4. The van der Waals surface area contributed by atoms with E-state index in [1.54, 1.807) is 18.2 Å². The van der Waals surface area contributed by atoms with Gasteiger partial charge in [0.15, 0.2) is 0 Å². The number of aliphatic hydroxyl groups excluding tert-OH is 1. The summed E-state index contributed by atoms with van der Waals surface area (Å²) in [5.74, 6) is -0.352. The number of methoxy groups -OCH3 is 1. The van der Waals surface area contributed by atoms with Crippen molar-refractivity contribution < 1.29 is 14.6 Å². The third-order valence-electron chi connectivity index (χ3n) is 2.48. The van der Waals surface area contributed by atoms with Crippen LogP contribution < -0.4 is 5.32 Å². The second-order valence-corrected chi connectivity index (χ2v) is 4.75. The van der Waals surface area contributed by atoms with Gasteiger partial charge in [-0.25, -0.2) is 4.79 Å². The Morgan fingerprint density at radius 3 is 2.76 bits per heavy atom. The van der Waals surface area contributed by atoms with Crippen LogP contribution in [-0.2, 0) is 4.74 Å². The Morgan fingerprint density at radius 1 is 1.47 bits per heavy atom. The number of carbonyl (C=O) groups is 1. The van der Waals surface area contributed by atoms with Crippen LogP contribution in [0.4, 0.5) is 5.69 Å². The molecule has 0 spiro atoms. The molecule has 0 unspecified atom stereocenters. The Labute approximate surface area is 102 Å². The predicted octanol–water partition coefficient (Wildman–Crippen LogP) is 1.90. The third kappa shape index (κ3) is 4.07. The van der Waals surface area contributed by atoms with Crippen LogP contribution in [0.1, 0.15) is 24.2 Å². The quantitative estimate of drug-likeness (QED) is 0.768. The topological polar surface area (TPSA) is 58.6 Å². The van der Waals surface area contributed by atoms with Gasteiger partial charge in [0.2, 0.25) is 0 Å². The Morgan fingerprint density at radius 2 is 2.18 bits per heavy atom. The highest BCUT2D eigenvalue weighted by Crippen LogP contribution is 2.17. The van der Waals surface area contributed by atoms with Crippen LogP contribution in [0.5, 0.6) is 0 Å². The van der Waals surface area contributed by atoms with E-state index in [4.69, 9.17) is 5.11 Å². The molecular weight excluding hydrogens is 218 g/mol. The Balaban J connectivity index is 2.70. The second kappa shape index (κ2) is 5.68. The van der Waals surface area contributed by atoms with E-state index in [2.05, 4.69) is 10.1 Å². The standard InChI is InChI=1S/C13H19NO3/c1-13(2,9-15)8-14-11-6-4-5-10(7-11)12(16)17-3/h4-7,14-15H,8-9H2,1-3H3. The Bertz CT molecular complexity index is 388. The van der Waals surface area contributed by atoms with Crippen molar-refractivity contribution in [1.82, 2.24) is 0 Å². The summed E-state index contributed by atoms with van der Waals surface area (Å²) >= 11 is 0. The number of anilines is 1. The lowest BCUT2D eigenvalue weighted by Gasteiger charge is -2.22. The van der Waals surface area contributed by atoms with Crippen molar-refractivity contribution in [1.29, 1.82) is 0 Å². The zero-order valence-electron chi connectivity index (χ0n) is 10.5. The SMILES string of the molecule is COC(=O)c1cccc(NCC(C)(C)CO)c1. The van der Waals surface area contributed by atoms with E-state index in [1.807, 2.05) is 19.9 Å². The molecule has 4 heteroatoms. The normalized spacial score (nSPS) is 11.1. The largest absolute Gasteiger partial charge is 0.465 e. The Hall–Kier alpha value is -1.55. The lowest BCUT2D eigenvalue weighted by atomic mass is 9.95. The van der Waals surface area contributed by atoms with Crippen LogP contribution >= 0.6 is 0 Å². The van der Waals surface area contributed by atoms with Crippen molar-refractivity contribution in [3.63, 3.8) is 0 Å². The summed E-state index contributed by atoms with van der Waals surface area (Å²) in [5, 5.41) is 12.3. The summed E-state index contributed by atoms with van der Waals surface area (Å²) in [6.45, 7) is 4.67. The highest BCUT2D eigenvalue weighted by molar-refractivity contribution is 5.90. The number of rotatable bonds is 5. The van der Waals surface area contributed by atoms with Crippen molar-refractivity contribution in [3.05, 3.63) is 29.8 Å². The molecule has 0 aliphatic rings. The summed E-state index contributed by atoms with van der Waals surface area (Å²) in [7, 11) is 1.36. The molecule has 4 nitrogen and oxygen atoms in total. The van der Waals surface area contributed by atoms with E-state index in [1.165, 1.54) is 7.11 Å². The molecule has 0 aliphatic heterocycles. The van der Waals surface area contributed by atoms with Crippen LogP contribution in [0.3, 0.4) is 0 Å².